The topological polar surface area (TPSA) is 41.1 Å². The van der Waals surface area contributed by atoms with Gasteiger partial charge in [-0.25, -0.2) is 0 Å². The van der Waals surface area contributed by atoms with Gasteiger partial charge in [-0.15, -0.1) is 0 Å². The summed E-state index contributed by atoms with van der Waals surface area (Å²) in [6.45, 7) is 6.70. The van der Waals surface area contributed by atoms with Crippen LogP contribution in [0, 0.1) is 18.8 Å². The van der Waals surface area contributed by atoms with Crippen LogP contribution < -0.4 is 10.6 Å². The molecule has 4 heteroatoms. The number of hydrogen-bond acceptors (Lipinski definition) is 2. The summed E-state index contributed by atoms with van der Waals surface area (Å²) in [6, 6.07) is 5.56. The van der Waals surface area contributed by atoms with E-state index in [0.717, 1.165) is 11.3 Å². The first-order valence-electron chi connectivity index (χ1n) is 6.17. The molecule has 3 nitrogen and oxygen atoms in total. The molecule has 1 aromatic carbocycles. The van der Waals surface area contributed by atoms with E-state index in [4.69, 9.17) is 11.6 Å². The molecule has 1 atom stereocenters. The van der Waals surface area contributed by atoms with Crippen LogP contribution in [0.1, 0.15) is 19.4 Å². The molecule has 0 spiro atoms. The third-order valence-electron chi connectivity index (χ3n) is 3.00. The highest BCUT2D eigenvalue weighted by Gasteiger charge is 2.21. The highest BCUT2D eigenvalue weighted by atomic mass is 35.5. The van der Waals surface area contributed by atoms with Crippen LogP contribution in [0.25, 0.3) is 0 Å². The molecule has 0 saturated carbocycles. The van der Waals surface area contributed by atoms with E-state index in [-0.39, 0.29) is 11.8 Å². The smallest absolute Gasteiger partial charge is 0.229 e. The number of hydrogen-bond donors (Lipinski definition) is 2. The molecule has 0 saturated heterocycles. The SMILES string of the molecule is CNCC(C(=O)Nc1ccc(C)c(Cl)c1)C(C)C. The molecule has 0 aromatic heterocycles. The zero-order chi connectivity index (χ0) is 13.7. The van der Waals surface area contributed by atoms with E-state index in [1.54, 1.807) is 6.07 Å². The number of carbonyl (C=O) groups excluding carboxylic acids is 1. The summed E-state index contributed by atoms with van der Waals surface area (Å²) in [7, 11) is 1.85. The van der Waals surface area contributed by atoms with Crippen molar-refractivity contribution < 1.29 is 4.79 Å². The minimum Gasteiger partial charge on any atom is -0.326 e. The minimum atomic E-state index is -0.0462. The molecule has 1 unspecified atom stereocenters. The maximum atomic E-state index is 12.1. The molecule has 0 heterocycles. The lowest BCUT2D eigenvalue weighted by atomic mass is 9.95. The van der Waals surface area contributed by atoms with E-state index in [9.17, 15) is 4.79 Å². The lowest BCUT2D eigenvalue weighted by molar-refractivity contribution is -0.120. The van der Waals surface area contributed by atoms with Crippen molar-refractivity contribution >= 4 is 23.2 Å². The summed E-state index contributed by atoms with van der Waals surface area (Å²) < 4.78 is 0. The number of halogens is 1. The van der Waals surface area contributed by atoms with Crippen molar-refractivity contribution in [2.75, 3.05) is 18.9 Å². The maximum Gasteiger partial charge on any atom is 0.229 e. The van der Waals surface area contributed by atoms with E-state index in [2.05, 4.69) is 10.6 Å². The normalized spacial score (nSPS) is 12.6. The predicted molar refractivity (Wildman–Crippen MR) is 77.1 cm³/mol. The van der Waals surface area contributed by atoms with Gasteiger partial charge in [0.05, 0.1) is 5.92 Å². The maximum absolute atomic E-state index is 12.1. The molecule has 0 fully saturated rings. The Morgan fingerprint density at radius 2 is 2.06 bits per heavy atom. The van der Waals surface area contributed by atoms with Crippen LogP contribution in [0.5, 0.6) is 0 Å². The fourth-order valence-corrected chi connectivity index (χ4v) is 1.94. The van der Waals surface area contributed by atoms with Crippen LogP contribution in [-0.2, 0) is 4.79 Å². The Morgan fingerprint density at radius 3 is 2.56 bits per heavy atom. The van der Waals surface area contributed by atoms with Gasteiger partial charge in [0.1, 0.15) is 0 Å². The number of aryl methyl sites for hydroxylation is 1. The summed E-state index contributed by atoms with van der Waals surface area (Å²) >= 11 is 6.04. The van der Waals surface area contributed by atoms with Gasteiger partial charge >= 0.3 is 0 Å². The van der Waals surface area contributed by atoms with Crippen LogP contribution in [0.3, 0.4) is 0 Å². The van der Waals surface area contributed by atoms with E-state index in [1.165, 1.54) is 0 Å². The molecule has 0 aliphatic rings. The van der Waals surface area contributed by atoms with Crippen molar-refractivity contribution in [1.29, 1.82) is 0 Å². The van der Waals surface area contributed by atoms with Crippen molar-refractivity contribution in [1.82, 2.24) is 5.32 Å². The van der Waals surface area contributed by atoms with Gasteiger partial charge in [-0.3, -0.25) is 4.79 Å². The van der Waals surface area contributed by atoms with Gasteiger partial charge in [0.15, 0.2) is 0 Å². The van der Waals surface area contributed by atoms with Crippen molar-refractivity contribution in [3.8, 4) is 0 Å². The van der Waals surface area contributed by atoms with Gasteiger partial charge in [0.25, 0.3) is 0 Å². The van der Waals surface area contributed by atoms with Gasteiger partial charge in [0, 0.05) is 17.3 Å². The Bertz CT molecular complexity index is 418. The number of benzene rings is 1. The Balaban J connectivity index is 2.76. The highest BCUT2D eigenvalue weighted by Crippen LogP contribution is 2.21. The molecule has 100 valence electrons. The van der Waals surface area contributed by atoms with Crippen molar-refractivity contribution in [3.05, 3.63) is 28.8 Å². The second-order valence-electron chi connectivity index (χ2n) is 4.86. The van der Waals surface area contributed by atoms with Crippen LogP contribution in [0.2, 0.25) is 5.02 Å². The van der Waals surface area contributed by atoms with E-state index < -0.39 is 0 Å². The number of nitrogens with one attached hydrogen (secondary N) is 2. The average Bonchev–Trinajstić information content (AvgIpc) is 2.30. The molecule has 1 amide bonds. The molecule has 2 N–H and O–H groups in total. The molecular weight excluding hydrogens is 248 g/mol. The Labute approximate surface area is 114 Å². The van der Waals surface area contributed by atoms with E-state index in [0.29, 0.717) is 17.5 Å². The van der Waals surface area contributed by atoms with Crippen LogP contribution in [0.4, 0.5) is 5.69 Å². The summed E-state index contributed by atoms with van der Waals surface area (Å²) in [4.78, 5) is 12.1. The molecule has 1 aromatic rings. The lowest BCUT2D eigenvalue weighted by Crippen LogP contribution is -2.34. The fourth-order valence-electron chi connectivity index (χ4n) is 1.76. The molecular formula is C14H21ClN2O. The van der Waals surface area contributed by atoms with E-state index in [1.807, 2.05) is 40.0 Å². The number of carbonyl (C=O) groups is 1. The number of rotatable bonds is 5. The van der Waals surface area contributed by atoms with Gasteiger partial charge in [-0.2, -0.15) is 0 Å². The standard InChI is InChI=1S/C14H21ClN2O/c1-9(2)12(8-16-4)14(18)17-11-6-5-10(3)13(15)7-11/h5-7,9,12,16H,8H2,1-4H3,(H,17,18). The third-order valence-corrected chi connectivity index (χ3v) is 3.41. The monoisotopic (exact) mass is 268 g/mol. The highest BCUT2D eigenvalue weighted by molar-refractivity contribution is 6.31. The number of anilines is 1. The molecule has 1 rings (SSSR count). The Hall–Kier alpha value is -1.06. The minimum absolute atomic E-state index is 0.0271. The molecule has 0 aliphatic carbocycles. The summed E-state index contributed by atoms with van der Waals surface area (Å²) in [5.74, 6) is 0.271. The Kier molecular flexibility index (Phi) is 5.63. The summed E-state index contributed by atoms with van der Waals surface area (Å²) in [6.07, 6.45) is 0. The van der Waals surface area contributed by atoms with Crippen molar-refractivity contribution in [2.45, 2.75) is 20.8 Å². The van der Waals surface area contributed by atoms with Gasteiger partial charge < -0.3 is 10.6 Å². The molecule has 0 radical (unpaired) electrons. The zero-order valence-electron chi connectivity index (χ0n) is 11.4. The van der Waals surface area contributed by atoms with Crippen LogP contribution in [-0.4, -0.2) is 19.5 Å². The van der Waals surface area contributed by atoms with E-state index >= 15 is 0 Å². The fraction of sp³-hybridized carbons (Fsp3) is 0.500. The molecule has 0 bridgehead atoms. The molecule has 0 aliphatic heterocycles. The summed E-state index contributed by atoms with van der Waals surface area (Å²) in [5, 5.41) is 6.63. The quantitative estimate of drug-likeness (QED) is 0.862. The van der Waals surface area contributed by atoms with Gasteiger partial charge in [-0.05, 0) is 37.6 Å². The average molecular weight is 269 g/mol. The first kappa shape index (κ1) is 15.0. The van der Waals surface area contributed by atoms with Crippen molar-refractivity contribution in [3.63, 3.8) is 0 Å². The third kappa shape index (κ3) is 4.00. The lowest BCUT2D eigenvalue weighted by Gasteiger charge is -2.20. The first-order chi connectivity index (χ1) is 8.45. The molecule has 18 heavy (non-hydrogen) atoms. The van der Waals surface area contributed by atoms with Crippen LogP contribution >= 0.6 is 11.6 Å². The Morgan fingerprint density at radius 1 is 1.39 bits per heavy atom. The first-order valence-corrected chi connectivity index (χ1v) is 6.55. The predicted octanol–water partition coefficient (Wildman–Crippen LogP) is 3.08. The van der Waals surface area contributed by atoms with Crippen LogP contribution in [0.15, 0.2) is 18.2 Å². The second kappa shape index (κ2) is 6.76. The number of amides is 1. The summed E-state index contributed by atoms with van der Waals surface area (Å²) in [5.41, 5.74) is 1.75. The van der Waals surface area contributed by atoms with Gasteiger partial charge in [-0.1, -0.05) is 31.5 Å². The second-order valence-corrected chi connectivity index (χ2v) is 5.27. The van der Waals surface area contributed by atoms with Crippen molar-refractivity contribution in [2.24, 2.45) is 11.8 Å². The largest absolute Gasteiger partial charge is 0.326 e. The zero-order valence-corrected chi connectivity index (χ0v) is 12.1. The van der Waals surface area contributed by atoms with Gasteiger partial charge in [0.2, 0.25) is 5.91 Å².